The van der Waals surface area contributed by atoms with Crippen molar-refractivity contribution in [2.24, 2.45) is 0 Å². The van der Waals surface area contributed by atoms with Crippen molar-refractivity contribution < 1.29 is 5.21 Å². The number of hydrogen-bond donors (Lipinski definition) is 2. The molecule has 3 nitrogen and oxygen atoms in total. The maximum atomic E-state index is 11.5. The van der Waals surface area contributed by atoms with Crippen LogP contribution in [0.4, 0.5) is 0 Å². The zero-order valence-corrected chi connectivity index (χ0v) is 11.2. The van der Waals surface area contributed by atoms with Crippen LogP contribution in [0, 0.1) is 13.8 Å². The summed E-state index contributed by atoms with van der Waals surface area (Å²) in [7, 11) is 0. The number of thiol groups is 1. The van der Waals surface area contributed by atoms with Crippen LogP contribution >= 0.6 is 12.6 Å². The summed E-state index contributed by atoms with van der Waals surface area (Å²) in [6.45, 7) is 3.83. The molecule has 4 heteroatoms. The van der Waals surface area contributed by atoms with Crippen LogP contribution in [0.25, 0.3) is 0 Å². The first-order valence-corrected chi connectivity index (χ1v) is 6.18. The number of rotatable bonds is 2. The summed E-state index contributed by atoms with van der Waals surface area (Å²) in [4.78, 5) is 11.5. The van der Waals surface area contributed by atoms with Gasteiger partial charge in [-0.25, -0.2) is 0 Å². The fraction of sp³-hybridized carbons (Fsp3) is 0.214. The van der Waals surface area contributed by atoms with Gasteiger partial charge in [0.1, 0.15) is 0 Å². The molecular formula is C14H15NO2S. The Morgan fingerprint density at radius 2 is 1.72 bits per heavy atom. The monoisotopic (exact) mass is 261 g/mol. The van der Waals surface area contributed by atoms with Crippen LogP contribution in [0.5, 0.6) is 0 Å². The molecule has 94 valence electrons. The first-order valence-electron chi connectivity index (χ1n) is 5.66. The van der Waals surface area contributed by atoms with Crippen LogP contribution in [-0.2, 0) is 0 Å². The number of nitrogens with zero attached hydrogens (tertiary/aromatic N) is 1. The summed E-state index contributed by atoms with van der Waals surface area (Å²) >= 11 is 4.49. The van der Waals surface area contributed by atoms with Crippen LogP contribution in [-0.4, -0.2) is 9.94 Å². The van der Waals surface area contributed by atoms with Gasteiger partial charge in [-0.3, -0.25) is 4.79 Å². The Morgan fingerprint density at radius 1 is 1.11 bits per heavy atom. The standard InChI is InChI=1S/C14H15NO2S/c1-9-3-5-11(6-4-9)14(18)12-7-10(2)8-13(16)15(12)17/h3-8,14,17-18H,1-2H3. The van der Waals surface area contributed by atoms with E-state index in [0.717, 1.165) is 16.7 Å². The lowest BCUT2D eigenvalue weighted by atomic mass is 10.1. The minimum atomic E-state index is -0.434. The van der Waals surface area contributed by atoms with E-state index in [1.165, 1.54) is 6.07 Å². The fourth-order valence-corrected chi connectivity index (χ4v) is 2.19. The molecule has 0 fully saturated rings. The predicted octanol–water partition coefficient (Wildman–Crippen LogP) is 2.72. The van der Waals surface area contributed by atoms with E-state index in [2.05, 4.69) is 12.6 Å². The number of pyridine rings is 1. The molecule has 1 aromatic carbocycles. The van der Waals surface area contributed by atoms with Gasteiger partial charge in [-0.1, -0.05) is 29.8 Å². The van der Waals surface area contributed by atoms with E-state index in [9.17, 15) is 10.0 Å². The second kappa shape index (κ2) is 4.90. The minimum Gasteiger partial charge on any atom is -0.425 e. The van der Waals surface area contributed by atoms with E-state index < -0.39 is 5.56 Å². The fourth-order valence-electron chi connectivity index (χ4n) is 1.83. The summed E-state index contributed by atoms with van der Waals surface area (Å²) in [6.07, 6.45) is 0. The van der Waals surface area contributed by atoms with Crippen LogP contribution in [0.2, 0.25) is 0 Å². The summed E-state index contributed by atoms with van der Waals surface area (Å²) in [6, 6.07) is 11.0. The van der Waals surface area contributed by atoms with Crippen molar-refractivity contribution in [1.82, 2.24) is 4.73 Å². The van der Waals surface area contributed by atoms with Gasteiger partial charge < -0.3 is 5.21 Å². The van der Waals surface area contributed by atoms with E-state index >= 15 is 0 Å². The lowest BCUT2D eigenvalue weighted by Gasteiger charge is -2.14. The Kier molecular flexibility index (Phi) is 3.48. The van der Waals surface area contributed by atoms with Gasteiger partial charge >= 0.3 is 0 Å². The molecule has 1 aromatic heterocycles. The SMILES string of the molecule is Cc1ccc(C(S)c2cc(C)cc(=O)n2O)cc1. The predicted molar refractivity (Wildman–Crippen MR) is 74.6 cm³/mol. The molecule has 0 radical (unpaired) electrons. The third kappa shape index (κ3) is 2.43. The third-order valence-corrected chi connectivity index (χ3v) is 3.42. The van der Waals surface area contributed by atoms with Crippen molar-refractivity contribution in [2.75, 3.05) is 0 Å². The summed E-state index contributed by atoms with van der Waals surface area (Å²) in [5.41, 5.74) is 2.96. The zero-order valence-electron chi connectivity index (χ0n) is 10.3. The van der Waals surface area contributed by atoms with Gasteiger partial charge in [-0.2, -0.15) is 17.4 Å². The van der Waals surface area contributed by atoms with Crippen molar-refractivity contribution in [3.05, 3.63) is 69.1 Å². The average Bonchev–Trinajstić information content (AvgIpc) is 2.34. The highest BCUT2D eigenvalue weighted by atomic mass is 32.1. The quantitative estimate of drug-likeness (QED) is 0.645. The highest BCUT2D eigenvalue weighted by Crippen LogP contribution is 2.27. The van der Waals surface area contributed by atoms with Crippen molar-refractivity contribution in [3.8, 4) is 0 Å². The van der Waals surface area contributed by atoms with Crippen molar-refractivity contribution in [3.63, 3.8) is 0 Å². The molecule has 1 unspecified atom stereocenters. The normalized spacial score (nSPS) is 12.4. The molecule has 1 heterocycles. The molecule has 0 aliphatic heterocycles. The number of aromatic nitrogens is 1. The second-order valence-corrected chi connectivity index (χ2v) is 4.94. The molecule has 0 aliphatic carbocycles. The van der Waals surface area contributed by atoms with Gasteiger partial charge in [0.25, 0.3) is 5.56 Å². The van der Waals surface area contributed by atoms with E-state index in [4.69, 9.17) is 0 Å². The average molecular weight is 261 g/mol. The molecule has 0 aliphatic rings. The van der Waals surface area contributed by atoms with E-state index in [1.54, 1.807) is 6.07 Å². The molecule has 0 amide bonds. The summed E-state index contributed by atoms with van der Waals surface area (Å²) in [5.74, 6) is 0. The van der Waals surface area contributed by atoms with Gasteiger partial charge in [0, 0.05) is 6.07 Å². The highest BCUT2D eigenvalue weighted by Gasteiger charge is 2.15. The molecular weight excluding hydrogens is 246 g/mol. The lowest BCUT2D eigenvalue weighted by Crippen LogP contribution is -2.22. The van der Waals surface area contributed by atoms with Crippen LogP contribution in [0.1, 0.15) is 27.6 Å². The molecule has 0 saturated heterocycles. The lowest BCUT2D eigenvalue weighted by molar-refractivity contribution is 0.166. The van der Waals surface area contributed by atoms with Crippen LogP contribution in [0.3, 0.4) is 0 Å². The van der Waals surface area contributed by atoms with Gasteiger partial charge in [0.05, 0.1) is 10.9 Å². The topological polar surface area (TPSA) is 42.2 Å². The van der Waals surface area contributed by atoms with Gasteiger partial charge in [0.15, 0.2) is 0 Å². The van der Waals surface area contributed by atoms with Crippen molar-refractivity contribution in [1.29, 1.82) is 0 Å². The molecule has 0 saturated carbocycles. The van der Waals surface area contributed by atoms with Gasteiger partial charge in [-0.05, 0) is 31.0 Å². The van der Waals surface area contributed by atoms with Gasteiger partial charge in [-0.15, -0.1) is 0 Å². The Hall–Kier alpha value is -1.68. The largest absolute Gasteiger partial charge is 0.425 e. The maximum Gasteiger partial charge on any atom is 0.283 e. The molecule has 0 spiro atoms. The Bertz CT molecular complexity index is 617. The summed E-state index contributed by atoms with van der Waals surface area (Å²) in [5, 5.41) is 9.43. The Balaban J connectivity index is 2.49. The summed E-state index contributed by atoms with van der Waals surface area (Å²) < 4.78 is 0.657. The highest BCUT2D eigenvalue weighted by molar-refractivity contribution is 7.80. The maximum absolute atomic E-state index is 11.5. The van der Waals surface area contributed by atoms with Crippen molar-refractivity contribution in [2.45, 2.75) is 19.1 Å². The van der Waals surface area contributed by atoms with Gasteiger partial charge in [0.2, 0.25) is 0 Å². The molecule has 1 N–H and O–H groups in total. The third-order valence-electron chi connectivity index (χ3n) is 2.85. The number of benzene rings is 1. The van der Waals surface area contributed by atoms with Crippen LogP contribution in [0.15, 0.2) is 41.2 Å². The van der Waals surface area contributed by atoms with E-state index in [0.29, 0.717) is 10.4 Å². The molecule has 2 rings (SSSR count). The number of hydrogen-bond acceptors (Lipinski definition) is 3. The first-order chi connectivity index (χ1) is 8.49. The Labute approximate surface area is 111 Å². The van der Waals surface area contributed by atoms with Crippen LogP contribution < -0.4 is 5.56 Å². The second-order valence-electron chi connectivity index (χ2n) is 4.42. The molecule has 1 atom stereocenters. The van der Waals surface area contributed by atoms with Crippen molar-refractivity contribution >= 4 is 12.6 Å². The zero-order chi connectivity index (χ0) is 13.3. The van der Waals surface area contributed by atoms with E-state index in [-0.39, 0.29) is 5.25 Å². The molecule has 18 heavy (non-hydrogen) atoms. The minimum absolute atomic E-state index is 0.330. The number of aryl methyl sites for hydroxylation is 2. The Morgan fingerprint density at radius 3 is 2.33 bits per heavy atom. The first kappa shape index (κ1) is 12.8. The molecule has 2 aromatic rings. The molecule has 0 bridgehead atoms. The van der Waals surface area contributed by atoms with E-state index in [1.807, 2.05) is 38.1 Å². The smallest absolute Gasteiger partial charge is 0.283 e.